The fourth-order valence-corrected chi connectivity index (χ4v) is 2.28. The van der Waals surface area contributed by atoms with Gasteiger partial charge < -0.3 is 15.2 Å². The van der Waals surface area contributed by atoms with E-state index in [0.717, 1.165) is 11.1 Å². The maximum absolute atomic E-state index is 12.2. The number of hydrogen-bond donors (Lipinski definition) is 2. The van der Waals surface area contributed by atoms with Gasteiger partial charge in [0.1, 0.15) is 0 Å². The molecule has 0 aliphatic carbocycles. The number of rotatable bonds is 8. The number of hydrogen-bond acceptors (Lipinski definition) is 4. The molecule has 1 aromatic rings. The lowest BCUT2D eigenvalue weighted by atomic mass is 9.97. The molecule has 0 bridgehead atoms. The fraction of sp³-hybridized carbons (Fsp3) is 0.500. The van der Waals surface area contributed by atoms with Crippen molar-refractivity contribution in [3.05, 3.63) is 35.4 Å². The van der Waals surface area contributed by atoms with Crippen LogP contribution < -0.4 is 5.32 Å². The SMILES string of the molecule is COCC(C)(CCO)NC(=O)Cc1ccccc1CC#N. The van der Waals surface area contributed by atoms with Crippen LogP contribution in [0.3, 0.4) is 0 Å². The third kappa shape index (κ3) is 5.54. The monoisotopic (exact) mass is 290 g/mol. The normalized spacial score (nSPS) is 13.2. The van der Waals surface area contributed by atoms with Gasteiger partial charge in [-0.2, -0.15) is 5.26 Å². The number of amides is 1. The Kier molecular flexibility index (Phi) is 6.86. The van der Waals surface area contributed by atoms with E-state index in [2.05, 4.69) is 11.4 Å². The number of methoxy groups -OCH3 is 1. The standard InChI is InChI=1S/C16H22N2O3/c1-16(8-10-19,12-21-2)18-15(20)11-14-6-4-3-5-13(14)7-9-17/h3-6,19H,7-8,10-12H2,1-2H3,(H,18,20). The molecule has 0 saturated heterocycles. The Labute approximate surface area is 125 Å². The first-order chi connectivity index (χ1) is 10.0. The first kappa shape index (κ1) is 17.2. The zero-order valence-corrected chi connectivity index (χ0v) is 12.6. The number of aliphatic hydroxyl groups is 1. The highest BCUT2D eigenvalue weighted by atomic mass is 16.5. The fourth-order valence-electron chi connectivity index (χ4n) is 2.28. The van der Waals surface area contributed by atoms with Gasteiger partial charge in [-0.15, -0.1) is 0 Å². The van der Waals surface area contributed by atoms with E-state index in [1.807, 2.05) is 31.2 Å². The molecule has 5 nitrogen and oxygen atoms in total. The minimum absolute atomic E-state index is 0.0227. The van der Waals surface area contributed by atoms with E-state index in [1.54, 1.807) is 7.11 Å². The summed E-state index contributed by atoms with van der Waals surface area (Å²) < 4.78 is 5.10. The molecule has 1 aromatic carbocycles. The summed E-state index contributed by atoms with van der Waals surface area (Å²) in [5.74, 6) is -0.145. The molecule has 5 heteroatoms. The lowest BCUT2D eigenvalue weighted by Crippen LogP contribution is -2.50. The Bertz CT molecular complexity index is 502. The lowest BCUT2D eigenvalue weighted by molar-refractivity contribution is -0.123. The highest BCUT2D eigenvalue weighted by Gasteiger charge is 2.26. The van der Waals surface area contributed by atoms with E-state index < -0.39 is 5.54 Å². The summed E-state index contributed by atoms with van der Waals surface area (Å²) in [4.78, 5) is 12.2. The zero-order chi connectivity index (χ0) is 15.7. The van der Waals surface area contributed by atoms with Crippen molar-refractivity contribution in [1.29, 1.82) is 5.26 Å². The van der Waals surface area contributed by atoms with Crippen molar-refractivity contribution in [2.45, 2.75) is 31.7 Å². The highest BCUT2D eigenvalue weighted by Crippen LogP contribution is 2.13. The molecule has 0 spiro atoms. The van der Waals surface area contributed by atoms with Crippen LogP contribution in [0, 0.1) is 11.3 Å². The van der Waals surface area contributed by atoms with Crippen molar-refractivity contribution in [2.24, 2.45) is 0 Å². The molecule has 0 fully saturated rings. The minimum atomic E-state index is -0.593. The summed E-state index contributed by atoms with van der Waals surface area (Å²) >= 11 is 0. The second kappa shape index (κ2) is 8.40. The van der Waals surface area contributed by atoms with E-state index in [1.165, 1.54) is 0 Å². The van der Waals surface area contributed by atoms with Gasteiger partial charge in [-0.3, -0.25) is 4.79 Å². The van der Waals surface area contributed by atoms with Crippen molar-refractivity contribution in [2.75, 3.05) is 20.3 Å². The van der Waals surface area contributed by atoms with Gasteiger partial charge >= 0.3 is 0 Å². The second-order valence-corrected chi connectivity index (χ2v) is 5.30. The molecule has 0 aromatic heterocycles. The number of nitrogens with zero attached hydrogens (tertiary/aromatic N) is 1. The van der Waals surface area contributed by atoms with Crippen LogP contribution in [0.25, 0.3) is 0 Å². The Hall–Kier alpha value is -1.90. The van der Waals surface area contributed by atoms with Crippen LogP contribution in [0.15, 0.2) is 24.3 Å². The molecule has 2 N–H and O–H groups in total. The smallest absolute Gasteiger partial charge is 0.224 e. The van der Waals surface area contributed by atoms with Gasteiger partial charge in [0.05, 0.1) is 31.1 Å². The van der Waals surface area contributed by atoms with E-state index in [9.17, 15) is 4.79 Å². The highest BCUT2D eigenvalue weighted by molar-refractivity contribution is 5.79. The number of carbonyl (C=O) groups is 1. The van der Waals surface area contributed by atoms with Crippen molar-refractivity contribution in [3.63, 3.8) is 0 Å². The average Bonchev–Trinajstić information content (AvgIpc) is 2.41. The molecule has 1 amide bonds. The third-order valence-electron chi connectivity index (χ3n) is 3.31. The molecule has 1 rings (SSSR count). The maximum atomic E-state index is 12.2. The molecule has 1 atom stereocenters. The number of nitrogens with one attached hydrogen (secondary N) is 1. The molecule has 114 valence electrons. The van der Waals surface area contributed by atoms with Crippen LogP contribution >= 0.6 is 0 Å². The van der Waals surface area contributed by atoms with Crippen molar-refractivity contribution < 1.29 is 14.6 Å². The second-order valence-electron chi connectivity index (χ2n) is 5.30. The van der Waals surface area contributed by atoms with Crippen molar-refractivity contribution in [3.8, 4) is 6.07 Å². The summed E-state index contributed by atoms with van der Waals surface area (Å²) in [6.45, 7) is 2.15. The van der Waals surface area contributed by atoms with E-state index in [4.69, 9.17) is 15.1 Å². The molecular formula is C16H22N2O3. The van der Waals surface area contributed by atoms with Gasteiger partial charge in [0.15, 0.2) is 0 Å². The van der Waals surface area contributed by atoms with Crippen LogP contribution in [-0.4, -0.2) is 36.9 Å². The zero-order valence-electron chi connectivity index (χ0n) is 12.6. The van der Waals surface area contributed by atoms with Crippen LogP contribution in [0.4, 0.5) is 0 Å². The van der Waals surface area contributed by atoms with E-state index in [0.29, 0.717) is 13.0 Å². The van der Waals surface area contributed by atoms with Crippen molar-refractivity contribution >= 4 is 5.91 Å². The molecule has 0 aliphatic rings. The summed E-state index contributed by atoms with van der Waals surface area (Å²) in [6.07, 6.45) is 0.921. The van der Waals surface area contributed by atoms with Gasteiger partial charge in [0.2, 0.25) is 5.91 Å². The number of benzene rings is 1. The molecule has 0 aliphatic heterocycles. The number of nitriles is 1. The average molecular weight is 290 g/mol. The molecular weight excluding hydrogens is 268 g/mol. The van der Waals surface area contributed by atoms with Gasteiger partial charge in [-0.05, 0) is 24.5 Å². The summed E-state index contributed by atoms with van der Waals surface area (Å²) in [7, 11) is 1.56. The Morgan fingerprint density at radius 2 is 2.10 bits per heavy atom. The third-order valence-corrected chi connectivity index (χ3v) is 3.31. The van der Waals surface area contributed by atoms with Crippen molar-refractivity contribution in [1.82, 2.24) is 5.32 Å². The number of aliphatic hydroxyl groups excluding tert-OH is 1. The van der Waals surface area contributed by atoms with Crippen LogP contribution in [0.5, 0.6) is 0 Å². The van der Waals surface area contributed by atoms with E-state index in [-0.39, 0.29) is 25.4 Å². The first-order valence-corrected chi connectivity index (χ1v) is 6.89. The predicted octanol–water partition coefficient (Wildman–Crippen LogP) is 1.20. The predicted molar refractivity (Wildman–Crippen MR) is 79.6 cm³/mol. The summed E-state index contributed by atoms with van der Waals surface area (Å²) in [5.41, 5.74) is 1.12. The first-order valence-electron chi connectivity index (χ1n) is 6.89. The largest absolute Gasteiger partial charge is 0.396 e. The molecule has 21 heavy (non-hydrogen) atoms. The summed E-state index contributed by atoms with van der Waals surface area (Å²) in [6, 6.07) is 9.52. The molecule has 1 unspecified atom stereocenters. The van der Waals surface area contributed by atoms with Gasteiger partial charge in [0.25, 0.3) is 0 Å². The molecule has 0 heterocycles. The Morgan fingerprint density at radius 1 is 1.43 bits per heavy atom. The topological polar surface area (TPSA) is 82.3 Å². The van der Waals surface area contributed by atoms with Crippen LogP contribution in [-0.2, 0) is 22.4 Å². The maximum Gasteiger partial charge on any atom is 0.224 e. The summed E-state index contributed by atoms with van der Waals surface area (Å²) in [5, 5.41) is 20.8. The Balaban J connectivity index is 2.75. The quantitative estimate of drug-likeness (QED) is 0.753. The number of carbonyl (C=O) groups excluding carboxylic acids is 1. The van der Waals surface area contributed by atoms with Gasteiger partial charge in [0, 0.05) is 13.7 Å². The Morgan fingerprint density at radius 3 is 2.67 bits per heavy atom. The van der Waals surface area contributed by atoms with Crippen LogP contribution in [0.2, 0.25) is 0 Å². The molecule has 0 saturated carbocycles. The number of ether oxygens (including phenoxy) is 1. The van der Waals surface area contributed by atoms with Crippen LogP contribution in [0.1, 0.15) is 24.5 Å². The lowest BCUT2D eigenvalue weighted by Gasteiger charge is -2.29. The van der Waals surface area contributed by atoms with Gasteiger partial charge in [-0.1, -0.05) is 24.3 Å². The minimum Gasteiger partial charge on any atom is -0.396 e. The van der Waals surface area contributed by atoms with E-state index >= 15 is 0 Å². The molecule has 0 radical (unpaired) electrons. The van der Waals surface area contributed by atoms with Gasteiger partial charge in [-0.25, -0.2) is 0 Å².